The molecular weight excluding hydrogens is 437 g/mol. The maximum Gasteiger partial charge on any atom is 0.255 e. The highest BCUT2D eigenvalue weighted by Crippen LogP contribution is 2.28. The van der Waals surface area contributed by atoms with Gasteiger partial charge in [-0.25, -0.2) is 9.37 Å². The van der Waals surface area contributed by atoms with Gasteiger partial charge in [0.1, 0.15) is 16.7 Å². The van der Waals surface area contributed by atoms with Gasteiger partial charge in [-0.3, -0.25) is 4.79 Å². The number of fused-ring (bicyclic) bond motifs is 1. The Morgan fingerprint density at radius 3 is 2.70 bits per heavy atom. The minimum Gasteiger partial charge on any atom is -0.322 e. The van der Waals surface area contributed by atoms with Gasteiger partial charge in [-0.1, -0.05) is 24.2 Å². The van der Waals surface area contributed by atoms with Gasteiger partial charge >= 0.3 is 0 Å². The van der Waals surface area contributed by atoms with Gasteiger partial charge in [-0.2, -0.15) is 0 Å². The molecule has 2 aromatic heterocycles. The quantitative estimate of drug-likeness (QED) is 0.420. The van der Waals surface area contributed by atoms with Crippen LogP contribution in [0.25, 0.3) is 11.4 Å². The van der Waals surface area contributed by atoms with Gasteiger partial charge in [0.05, 0.1) is 5.56 Å². The summed E-state index contributed by atoms with van der Waals surface area (Å²) in [6.45, 7) is 0.774. The Bertz CT molecular complexity index is 1270. The molecule has 0 fully saturated rings. The number of nitrogens with zero attached hydrogens (tertiary/aromatic N) is 4. The number of benzene rings is 2. The van der Waals surface area contributed by atoms with E-state index in [-0.39, 0.29) is 11.7 Å². The highest BCUT2D eigenvalue weighted by atomic mass is 32.2. The molecule has 1 amide bonds. The molecule has 166 valence electrons. The van der Waals surface area contributed by atoms with E-state index in [4.69, 9.17) is 0 Å². The maximum atomic E-state index is 14.7. The zero-order valence-electron chi connectivity index (χ0n) is 17.9. The van der Waals surface area contributed by atoms with E-state index in [1.54, 1.807) is 30.5 Å². The molecule has 6 nitrogen and oxygen atoms in total. The second kappa shape index (κ2) is 9.54. The lowest BCUT2D eigenvalue weighted by atomic mass is 10.1. The Balaban J connectivity index is 1.33. The Hall–Kier alpha value is -3.52. The molecule has 4 aromatic rings. The van der Waals surface area contributed by atoms with Crippen molar-refractivity contribution in [2.45, 2.75) is 42.1 Å². The topological polar surface area (TPSA) is 72.7 Å². The van der Waals surface area contributed by atoms with Crippen molar-refractivity contribution < 1.29 is 9.18 Å². The van der Waals surface area contributed by atoms with Crippen LogP contribution in [0.5, 0.6) is 0 Å². The lowest BCUT2D eigenvalue weighted by Crippen LogP contribution is -2.12. The molecule has 5 rings (SSSR count). The molecule has 0 unspecified atom stereocenters. The van der Waals surface area contributed by atoms with E-state index >= 15 is 0 Å². The van der Waals surface area contributed by atoms with Crippen LogP contribution < -0.4 is 5.32 Å². The number of hydrogen-bond acceptors (Lipinski definition) is 5. The summed E-state index contributed by atoms with van der Waals surface area (Å²) in [5.74, 6) is 0.752. The molecule has 1 aliphatic rings. The summed E-state index contributed by atoms with van der Waals surface area (Å²) in [5.41, 5.74) is 1.37. The second-order valence-electron chi connectivity index (χ2n) is 7.85. The van der Waals surface area contributed by atoms with Gasteiger partial charge in [-0.15, -0.1) is 10.2 Å². The lowest BCUT2D eigenvalue weighted by molar-refractivity contribution is 0.102. The Morgan fingerprint density at radius 2 is 1.88 bits per heavy atom. The monoisotopic (exact) mass is 459 g/mol. The van der Waals surface area contributed by atoms with Crippen molar-refractivity contribution in [2.24, 2.45) is 0 Å². The molecule has 0 saturated heterocycles. The molecule has 1 aliphatic heterocycles. The molecular formula is C25H22FN5OS. The first-order valence-corrected chi connectivity index (χ1v) is 11.7. The van der Waals surface area contributed by atoms with Crippen molar-refractivity contribution in [3.05, 3.63) is 84.1 Å². The third-order valence-electron chi connectivity index (χ3n) is 5.55. The summed E-state index contributed by atoms with van der Waals surface area (Å²) in [6.07, 6.45) is 5.80. The number of hydrogen-bond donors (Lipinski definition) is 1. The SMILES string of the molecule is O=C(Nc1ccc(F)c(-c2nnc3n2CCCCC3)c1)c1ccc(Sc2ccccn2)cc1. The van der Waals surface area contributed by atoms with Crippen molar-refractivity contribution >= 4 is 23.4 Å². The highest BCUT2D eigenvalue weighted by molar-refractivity contribution is 7.99. The Kier molecular flexibility index (Phi) is 6.17. The highest BCUT2D eigenvalue weighted by Gasteiger charge is 2.19. The molecule has 0 spiro atoms. The summed E-state index contributed by atoms with van der Waals surface area (Å²) < 4.78 is 16.7. The van der Waals surface area contributed by atoms with Gasteiger partial charge in [0.15, 0.2) is 5.82 Å². The molecule has 8 heteroatoms. The number of anilines is 1. The third kappa shape index (κ3) is 4.80. The summed E-state index contributed by atoms with van der Waals surface area (Å²) in [6, 6.07) is 17.6. The predicted octanol–water partition coefficient (Wildman–Crippen LogP) is 5.61. The van der Waals surface area contributed by atoms with E-state index in [0.29, 0.717) is 22.6 Å². The van der Waals surface area contributed by atoms with Crippen molar-refractivity contribution in [3.63, 3.8) is 0 Å². The van der Waals surface area contributed by atoms with E-state index in [2.05, 4.69) is 20.5 Å². The van der Waals surface area contributed by atoms with E-state index in [1.807, 2.05) is 34.9 Å². The van der Waals surface area contributed by atoms with E-state index in [1.165, 1.54) is 17.8 Å². The average Bonchev–Trinajstić information content (AvgIpc) is 3.09. The van der Waals surface area contributed by atoms with Crippen LogP contribution in [0.15, 0.2) is 76.8 Å². The fraction of sp³-hybridized carbons (Fsp3) is 0.200. The molecule has 0 aliphatic carbocycles. The average molecular weight is 460 g/mol. The summed E-state index contributed by atoms with van der Waals surface area (Å²) in [4.78, 5) is 18.1. The largest absolute Gasteiger partial charge is 0.322 e. The Morgan fingerprint density at radius 1 is 1.00 bits per heavy atom. The number of rotatable bonds is 5. The molecule has 0 radical (unpaired) electrons. The zero-order valence-corrected chi connectivity index (χ0v) is 18.7. The first-order valence-electron chi connectivity index (χ1n) is 10.9. The number of pyridine rings is 1. The normalized spacial score (nSPS) is 13.2. The minimum absolute atomic E-state index is 0.262. The van der Waals surface area contributed by atoms with E-state index in [0.717, 1.165) is 48.0 Å². The number of aryl methyl sites for hydroxylation is 1. The second-order valence-corrected chi connectivity index (χ2v) is 8.94. The first-order chi connectivity index (χ1) is 16.2. The molecule has 0 saturated carbocycles. The molecule has 0 bridgehead atoms. The van der Waals surface area contributed by atoms with Gasteiger partial charge in [-0.05, 0) is 67.4 Å². The van der Waals surface area contributed by atoms with Gasteiger partial charge < -0.3 is 9.88 Å². The Labute approximate surface area is 195 Å². The smallest absolute Gasteiger partial charge is 0.255 e. The van der Waals surface area contributed by atoms with Crippen molar-refractivity contribution in [2.75, 3.05) is 5.32 Å². The summed E-state index contributed by atoms with van der Waals surface area (Å²) in [5, 5.41) is 12.3. The first kappa shape index (κ1) is 21.3. The van der Waals surface area contributed by atoms with E-state index < -0.39 is 0 Å². The van der Waals surface area contributed by atoms with Crippen LogP contribution in [0.1, 0.15) is 35.4 Å². The van der Waals surface area contributed by atoms with Crippen LogP contribution in [-0.4, -0.2) is 25.7 Å². The lowest BCUT2D eigenvalue weighted by Gasteiger charge is -2.11. The number of nitrogens with one attached hydrogen (secondary N) is 1. The van der Waals surface area contributed by atoms with Gasteiger partial charge in [0, 0.05) is 35.3 Å². The zero-order chi connectivity index (χ0) is 22.6. The van der Waals surface area contributed by atoms with Crippen molar-refractivity contribution in [1.29, 1.82) is 0 Å². The van der Waals surface area contributed by atoms with Crippen LogP contribution in [0.2, 0.25) is 0 Å². The maximum absolute atomic E-state index is 14.7. The molecule has 2 aromatic carbocycles. The van der Waals surface area contributed by atoms with Crippen molar-refractivity contribution in [1.82, 2.24) is 19.7 Å². The fourth-order valence-electron chi connectivity index (χ4n) is 3.86. The number of halogens is 1. The van der Waals surface area contributed by atoms with Crippen LogP contribution in [0.3, 0.4) is 0 Å². The number of aromatic nitrogens is 4. The standard InChI is InChI=1S/C25H22FN5OS/c26-21-13-10-18(16-20(21)24-30-29-22-6-2-1-5-15-31(22)24)28-25(32)17-8-11-19(12-9-17)33-23-7-3-4-14-27-23/h3-4,7-14,16H,1-2,5-6,15H2,(H,28,32). The van der Waals surface area contributed by atoms with Crippen LogP contribution in [0, 0.1) is 5.82 Å². The van der Waals surface area contributed by atoms with Crippen LogP contribution in [-0.2, 0) is 13.0 Å². The summed E-state index contributed by atoms with van der Waals surface area (Å²) in [7, 11) is 0. The summed E-state index contributed by atoms with van der Waals surface area (Å²) >= 11 is 1.53. The number of amides is 1. The third-order valence-corrected chi connectivity index (χ3v) is 6.51. The number of carbonyl (C=O) groups excluding carboxylic acids is 1. The molecule has 33 heavy (non-hydrogen) atoms. The minimum atomic E-state index is -0.386. The van der Waals surface area contributed by atoms with Crippen LogP contribution in [0.4, 0.5) is 10.1 Å². The number of carbonyl (C=O) groups is 1. The van der Waals surface area contributed by atoms with Crippen molar-refractivity contribution in [3.8, 4) is 11.4 Å². The molecule has 0 atom stereocenters. The molecule has 3 heterocycles. The molecule has 1 N–H and O–H groups in total. The van der Waals surface area contributed by atoms with E-state index in [9.17, 15) is 9.18 Å². The van der Waals surface area contributed by atoms with Gasteiger partial charge in [0.25, 0.3) is 5.91 Å². The van der Waals surface area contributed by atoms with Gasteiger partial charge in [0.2, 0.25) is 0 Å². The van der Waals surface area contributed by atoms with Crippen LogP contribution >= 0.6 is 11.8 Å². The predicted molar refractivity (Wildman–Crippen MR) is 126 cm³/mol. The fourth-order valence-corrected chi connectivity index (χ4v) is 4.64.